The van der Waals surface area contributed by atoms with Crippen molar-refractivity contribution in [3.63, 3.8) is 0 Å². The largest absolute Gasteiger partial charge is 0.269 e. The minimum atomic E-state index is 0. The fourth-order valence-electron chi connectivity index (χ4n) is 0.136. The normalized spacial score (nSPS) is 6.43. The zero-order valence-electron chi connectivity index (χ0n) is 4.26. The van der Waals surface area contributed by atoms with E-state index in [1.165, 1.54) is 0 Å². The third kappa shape index (κ3) is 33.2. The van der Waals surface area contributed by atoms with E-state index in [1.54, 1.807) is 6.08 Å². The molecule has 0 radical (unpaired) electrons. The number of halogens is 2. The van der Waals surface area contributed by atoms with E-state index in [2.05, 4.69) is 6.58 Å². The molecule has 0 saturated heterocycles. The van der Waals surface area contributed by atoms with Crippen molar-refractivity contribution in [2.24, 2.45) is 0 Å². The minimum Gasteiger partial charge on any atom is -0.269 e. The topological polar surface area (TPSA) is 0 Å². The summed E-state index contributed by atoms with van der Waals surface area (Å²) in [4.78, 5) is 0. The van der Waals surface area contributed by atoms with Gasteiger partial charge in [-0.2, -0.15) is 0 Å². The lowest BCUT2D eigenvalue weighted by atomic mass is 10.5. The molecule has 0 aliphatic carbocycles. The van der Waals surface area contributed by atoms with Crippen molar-refractivity contribution in [1.29, 1.82) is 0 Å². The first kappa shape index (κ1) is 16.2. The molecule has 0 aromatic carbocycles. The lowest BCUT2D eigenvalue weighted by Crippen LogP contribution is -1.33. The van der Waals surface area contributed by atoms with Gasteiger partial charge in [0.1, 0.15) is 0 Å². The average molecular weight is 108 g/mol. The predicted molar refractivity (Wildman–Crippen MR) is 30.0 cm³/mol. The zero-order valence-corrected chi connectivity index (χ0v) is 4.26. The Labute approximate surface area is 42.3 Å². The van der Waals surface area contributed by atoms with Gasteiger partial charge in [-0.05, 0) is 6.92 Å². The molecule has 0 nitrogen and oxygen atoms in total. The third-order valence-electron chi connectivity index (χ3n) is 0.329. The highest BCUT2D eigenvalue weighted by Gasteiger charge is 1.42. The Balaban J connectivity index is -0.0000000800. The number of hydrogen-bond acceptors (Lipinski definition) is 0. The van der Waals surface area contributed by atoms with Crippen molar-refractivity contribution in [3.8, 4) is 0 Å². The maximum absolute atomic E-state index is 3.46. The Kier molecular flexibility index (Phi) is 42.5. The maximum atomic E-state index is 3.46. The minimum absolute atomic E-state index is 0. The summed E-state index contributed by atoms with van der Waals surface area (Å²) in [5.41, 5.74) is 0. The molecular weight excluding hydrogens is 98.1 g/mol. The predicted octanol–water partition coefficient (Wildman–Crippen LogP) is 2.05. The van der Waals surface area contributed by atoms with Gasteiger partial charge in [-0.25, -0.2) is 0 Å². The second-order valence-corrected chi connectivity index (χ2v) is 0.761. The molecule has 0 rings (SSSR count). The van der Waals surface area contributed by atoms with Crippen LogP contribution in [0, 0.1) is 0 Å². The molecule has 2 heteroatoms. The quantitative estimate of drug-likeness (QED) is 0.451. The highest BCUT2D eigenvalue weighted by Crippen LogP contribution is 1.64. The first-order valence-corrected chi connectivity index (χ1v) is 1.65. The van der Waals surface area contributed by atoms with Crippen LogP contribution in [0.1, 0.15) is 6.92 Å². The molecular formula is C5H10F2. The number of hydrogen-bond donors (Lipinski definition) is 0. The summed E-state index contributed by atoms with van der Waals surface area (Å²) in [5.74, 6) is 0. The van der Waals surface area contributed by atoms with Gasteiger partial charge in [-0.15, -0.1) is 0 Å². The Morgan fingerprint density at radius 1 is 1.29 bits per heavy atom. The fourth-order valence-corrected chi connectivity index (χ4v) is 0.136. The molecule has 0 atom stereocenters. The molecule has 0 N–H and O–H groups in total. The molecule has 0 saturated carbocycles. The van der Waals surface area contributed by atoms with Crippen LogP contribution < -0.4 is 0 Å². The van der Waals surface area contributed by atoms with Crippen molar-refractivity contribution in [3.05, 3.63) is 24.8 Å². The van der Waals surface area contributed by atoms with E-state index in [0.717, 1.165) is 0 Å². The summed E-state index contributed by atoms with van der Waals surface area (Å²) >= 11 is 0. The summed E-state index contributed by atoms with van der Waals surface area (Å²) in [6.07, 6.45) is 5.58. The van der Waals surface area contributed by atoms with Gasteiger partial charge in [0.05, 0.1) is 0 Å². The van der Waals surface area contributed by atoms with E-state index in [0.29, 0.717) is 0 Å². The van der Waals surface area contributed by atoms with Crippen LogP contribution in [0.25, 0.3) is 0 Å². The molecule has 0 spiro atoms. The van der Waals surface area contributed by atoms with Crippen molar-refractivity contribution in [2.45, 2.75) is 6.92 Å². The van der Waals surface area contributed by atoms with Gasteiger partial charge in [0.2, 0.25) is 0 Å². The number of allylic oxidation sites excluding steroid dienone is 3. The van der Waals surface area contributed by atoms with Gasteiger partial charge < -0.3 is 0 Å². The summed E-state index contributed by atoms with van der Waals surface area (Å²) in [6.45, 7) is 5.42. The summed E-state index contributed by atoms with van der Waals surface area (Å²) in [7, 11) is 0. The molecule has 0 aromatic rings. The second kappa shape index (κ2) is 18.4. The van der Waals surface area contributed by atoms with E-state index >= 15 is 0 Å². The molecule has 7 heavy (non-hydrogen) atoms. The maximum Gasteiger partial charge on any atom is -0.0467 e. The van der Waals surface area contributed by atoms with Crippen LogP contribution in [0.5, 0.6) is 0 Å². The van der Waals surface area contributed by atoms with Gasteiger partial charge in [0.15, 0.2) is 0 Å². The molecule has 0 aromatic heterocycles. The van der Waals surface area contributed by atoms with Crippen molar-refractivity contribution < 1.29 is 9.41 Å². The van der Waals surface area contributed by atoms with E-state index < -0.39 is 0 Å². The molecule has 44 valence electrons. The molecule has 0 heterocycles. The monoisotopic (exact) mass is 108 g/mol. The molecule has 0 unspecified atom stereocenters. The Bertz CT molecular complexity index is 48.0. The van der Waals surface area contributed by atoms with Crippen LogP contribution in [-0.2, 0) is 0 Å². The molecule has 0 amide bonds. The van der Waals surface area contributed by atoms with Gasteiger partial charge in [-0.1, -0.05) is 24.8 Å². The molecule has 0 aliphatic heterocycles. The second-order valence-electron chi connectivity index (χ2n) is 0.761. The van der Waals surface area contributed by atoms with Crippen molar-refractivity contribution in [2.75, 3.05) is 0 Å². The smallest absolute Gasteiger partial charge is 0.0467 e. The van der Waals surface area contributed by atoms with Crippen molar-refractivity contribution in [1.82, 2.24) is 0 Å². The van der Waals surface area contributed by atoms with Crippen molar-refractivity contribution >= 4 is 0 Å². The van der Waals surface area contributed by atoms with Crippen LogP contribution in [0.3, 0.4) is 0 Å². The molecule has 0 bridgehead atoms. The Morgan fingerprint density at radius 2 is 1.71 bits per heavy atom. The van der Waals surface area contributed by atoms with E-state index in [9.17, 15) is 0 Å². The van der Waals surface area contributed by atoms with Crippen LogP contribution in [0.2, 0.25) is 0 Å². The first-order chi connectivity index (χ1) is 2.41. The lowest BCUT2D eigenvalue weighted by Gasteiger charge is -1.56. The Morgan fingerprint density at radius 3 is 1.71 bits per heavy atom. The lowest BCUT2D eigenvalue weighted by molar-refractivity contribution is 1.11. The Hall–Kier alpha value is -0.660. The SMILES string of the molecule is C=CC=CC.F.F. The summed E-state index contributed by atoms with van der Waals surface area (Å²) in [5, 5.41) is 0. The van der Waals surface area contributed by atoms with Gasteiger partial charge in [-0.3, -0.25) is 9.41 Å². The van der Waals surface area contributed by atoms with Crippen LogP contribution in [0.4, 0.5) is 9.41 Å². The van der Waals surface area contributed by atoms with Crippen LogP contribution in [-0.4, -0.2) is 0 Å². The van der Waals surface area contributed by atoms with Crippen LogP contribution >= 0.6 is 0 Å². The van der Waals surface area contributed by atoms with Gasteiger partial charge >= 0.3 is 0 Å². The molecule has 0 aliphatic rings. The van der Waals surface area contributed by atoms with E-state index in [4.69, 9.17) is 0 Å². The van der Waals surface area contributed by atoms with Gasteiger partial charge in [0.25, 0.3) is 0 Å². The van der Waals surface area contributed by atoms with E-state index in [-0.39, 0.29) is 9.41 Å². The average Bonchev–Trinajstić information content (AvgIpc) is 1.41. The summed E-state index contributed by atoms with van der Waals surface area (Å²) in [6, 6.07) is 0. The standard InChI is InChI=1S/C5H8.2FH/c1-3-5-4-2;;/h3-5H,1H2,2H3;2*1H. The highest BCUT2D eigenvalue weighted by atomic mass is 19.0. The van der Waals surface area contributed by atoms with E-state index in [1.807, 2.05) is 19.1 Å². The zero-order chi connectivity index (χ0) is 4.12. The summed E-state index contributed by atoms with van der Waals surface area (Å²) < 4.78 is 0. The third-order valence-corrected chi connectivity index (χ3v) is 0.329. The highest BCUT2D eigenvalue weighted by molar-refractivity contribution is 4.94. The van der Waals surface area contributed by atoms with Crippen LogP contribution in [0.15, 0.2) is 24.8 Å². The number of rotatable bonds is 1. The fraction of sp³-hybridized carbons (Fsp3) is 0.200. The first-order valence-electron chi connectivity index (χ1n) is 1.65. The molecule has 0 fully saturated rings. The van der Waals surface area contributed by atoms with Gasteiger partial charge in [0, 0.05) is 0 Å².